The molecule has 3 rings (SSSR count). The normalized spacial score (nSPS) is 18.7. The molecule has 104 valence electrons. The standard InChI is InChI=1S/C16H20N4/c1-4-15(14-3-2-8-18-12-14)20-16(5-1)19-11-13-6-9-17-10-7-13/h1,4-7,9-10,14,18H,2-3,8,11-12H2,(H,19,20)/t14-/m1/s1. The Labute approximate surface area is 119 Å². The van der Waals surface area contributed by atoms with Gasteiger partial charge in [-0.25, -0.2) is 4.98 Å². The largest absolute Gasteiger partial charge is 0.366 e. The minimum Gasteiger partial charge on any atom is -0.366 e. The smallest absolute Gasteiger partial charge is 0.126 e. The van der Waals surface area contributed by atoms with Crippen LogP contribution in [0, 0.1) is 0 Å². The predicted octanol–water partition coefficient (Wildman–Crippen LogP) is 2.56. The number of aromatic nitrogens is 2. The maximum Gasteiger partial charge on any atom is 0.126 e. The van der Waals surface area contributed by atoms with Crippen LogP contribution in [0.2, 0.25) is 0 Å². The van der Waals surface area contributed by atoms with Crippen molar-refractivity contribution in [1.29, 1.82) is 0 Å². The van der Waals surface area contributed by atoms with Gasteiger partial charge < -0.3 is 10.6 Å². The van der Waals surface area contributed by atoms with E-state index in [9.17, 15) is 0 Å². The van der Waals surface area contributed by atoms with E-state index in [0.29, 0.717) is 5.92 Å². The zero-order chi connectivity index (χ0) is 13.6. The van der Waals surface area contributed by atoms with Crippen LogP contribution in [-0.2, 0) is 6.54 Å². The summed E-state index contributed by atoms with van der Waals surface area (Å²) in [7, 11) is 0. The minimum atomic E-state index is 0.548. The lowest BCUT2D eigenvalue weighted by molar-refractivity contribution is 0.455. The highest BCUT2D eigenvalue weighted by atomic mass is 15.0. The molecule has 4 heteroatoms. The maximum absolute atomic E-state index is 4.74. The second-order valence-electron chi connectivity index (χ2n) is 5.20. The van der Waals surface area contributed by atoms with Gasteiger partial charge in [0, 0.05) is 37.1 Å². The summed E-state index contributed by atoms with van der Waals surface area (Å²) in [5.41, 5.74) is 2.41. The molecule has 3 heterocycles. The fraction of sp³-hybridized carbons (Fsp3) is 0.375. The van der Waals surface area contributed by atoms with E-state index in [0.717, 1.165) is 25.5 Å². The Kier molecular flexibility index (Phi) is 4.23. The van der Waals surface area contributed by atoms with Crippen LogP contribution in [0.4, 0.5) is 5.82 Å². The Bertz CT molecular complexity index is 535. The molecule has 2 aromatic rings. The van der Waals surface area contributed by atoms with E-state index in [4.69, 9.17) is 4.98 Å². The summed E-state index contributed by atoms with van der Waals surface area (Å²) < 4.78 is 0. The Morgan fingerprint density at radius 3 is 2.90 bits per heavy atom. The SMILES string of the molecule is c1cc(NCc2ccncc2)nc([C@@H]2CCCNC2)c1. The Balaban J connectivity index is 1.65. The first-order valence-electron chi connectivity index (χ1n) is 7.22. The summed E-state index contributed by atoms with van der Waals surface area (Å²) >= 11 is 0. The van der Waals surface area contributed by atoms with Gasteiger partial charge in [-0.05, 0) is 49.2 Å². The first kappa shape index (κ1) is 13.1. The van der Waals surface area contributed by atoms with E-state index >= 15 is 0 Å². The zero-order valence-corrected chi connectivity index (χ0v) is 11.5. The van der Waals surface area contributed by atoms with Crippen LogP contribution >= 0.6 is 0 Å². The van der Waals surface area contributed by atoms with Gasteiger partial charge in [-0.15, -0.1) is 0 Å². The third kappa shape index (κ3) is 3.33. The Morgan fingerprint density at radius 2 is 2.10 bits per heavy atom. The first-order valence-corrected chi connectivity index (χ1v) is 7.22. The van der Waals surface area contributed by atoms with E-state index in [1.54, 1.807) is 0 Å². The molecule has 1 aliphatic heterocycles. The van der Waals surface area contributed by atoms with Crippen molar-refractivity contribution in [3.8, 4) is 0 Å². The lowest BCUT2D eigenvalue weighted by Crippen LogP contribution is -2.28. The molecule has 0 amide bonds. The second kappa shape index (κ2) is 6.48. The molecule has 1 saturated heterocycles. The lowest BCUT2D eigenvalue weighted by Gasteiger charge is -2.22. The van der Waals surface area contributed by atoms with Gasteiger partial charge >= 0.3 is 0 Å². The van der Waals surface area contributed by atoms with E-state index in [1.165, 1.54) is 24.1 Å². The highest BCUT2D eigenvalue weighted by Gasteiger charge is 2.16. The Morgan fingerprint density at radius 1 is 1.20 bits per heavy atom. The number of hydrogen-bond acceptors (Lipinski definition) is 4. The molecule has 2 aromatic heterocycles. The number of hydrogen-bond donors (Lipinski definition) is 2. The van der Waals surface area contributed by atoms with E-state index in [1.807, 2.05) is 30.6 Å². The summed E-state index contributed by atoms with van der Waals surface area (Å²) in [6.45, 7) is 2.96. The number of pyridine rings is 2. The predicted molar refractivity (Wildman–Crippen MR) is 80.6 cm³/mol. The van der Waals surface area contributed by atoms with Crippen LogP contribution in [0.1, 0.15) is 30.0 Å². The molecule has 4 nitrogen and oxygen atoms in total. The average molecular weight is 268 g/mol. The van der Waals surface area contributed by atoms with Crippen molar-refractivity contribution in [2.24, 2.45) is 0 Å². The first-order chi connectivity index (χ1) is 9.92. The summed E-state index contributed by atoms with van der Waals surface area (Å²) in [5.74, 6) is 1.50. The lowest BCUT2D eigenvalue weighted by atomic mass is 9.96. The van der Waals surface area contributed by atoms with Crippen LogP contribution in [0.3, 0.4) is 0 Å². The van der Waals surface area contributed by atoms with Crippen LogP contribution in [0.15, 0.2) is 42.7 Å². The van der Waals surface area contributed by atoms with Crippen molar-refractivity contribution in [2.75, 3.05) is 18.4 Å². The van der Waals surface area contributed by atoms with Crippen LogP contribution < -0.4 is 10.6 Å². The van der Waals surface area contributed by atoms with Crippen molar-refractivity contribution in [3.63, 3.8) is 0 Å². The average Bonchev–Trinajstić information content (AvgIpc) is 2.55. The molecule has 0 bridgehead atoms. The third-order valence-electron chi connectivity index (χ3n) is 3.71. The molecule has 20 heavy (non-hydrogen) atoms. The van der Waals surface area contributed by atoms with Gasteiger partial charge in [-0.2, -0.15) is 0 Å². The monoisotopic (exact) mass is 268 g/mol. The summed E-state index contributed by atoms with van der Waals surface area (Å²) in [6.07, 6.45) is 6.10. The molecule has 1 fully saturated rings. The van der Waals surface area contributed by atoms with E-state index in [-0.39, 0.29) is 0 Å². The molecule has 2 N–H and O–H groups in total. The van der Waals surface area contributed by atoms with Gasteiger partial charge in [0.15, 0.2) is 0 Å². The van der Waals surface area contributed by atoms with Gasteiger partial charge in [-0.3, -0.25) is 4.98 Å². The number of anilines is 1. The number of piperidine rings is 1. The van der Waals surface area contributed by atoms with Gasteiger partial charge in [0.05, 0.1) is 0 Å². The Hall–Kier alpha value is -1.94. The van der Waals surface area contributed by atoms with Gasteiger partial charge in [-0.1, -0.05) is 6.07 Å². The topological polar surface area (TPSA) is 49.8 Å². The molecule has 0 spiro atoms. The molecular weight excluding hydrogens is 248 g/mol. The third-order valence-corrected chi connectivity index (χ3v) is 3.71. The quantitative estimate of drug-likeness (QED) is 0.894. The number of nitrogens with zero attached hydrogens (tertiary/aromatic N) is 2. The summed E-state index contributed by atoms with van der Waals surface area (Å²) in [5, 5.41) is 6.82. The molecule has 0 saturated carbocycles. The molecule has 0 aliphatic carbocycles. The van der Waals surface area contributed by atoms with Gasteiger partial charge in [0.25, 0.3) is 0 Å². The molecule has 1 aliphatic rings. The second-order valence-corrected chi connectivity index (χ2v) is 5.20. The summed E-state index contributed by atoms with van der Waals surface area (Å²) in [4.78, 5) is 8.77. The van der Waals surface area contributed by atoms with Crippen molar-refractivity contribution < 1.29 is 0 Å². The van der Waals surface area contributed by atoms with Gasteiger partial charge in [0.2, 0.25) is 0 Å². The number of rotatable bonds is 4. The summed E-state index contributed by atoms with van der Waals surface area (Å²) in [6, 6.07) is 10.3. The van der Waals surface area contributed by atoms with E-state index < -0.39 is 0 Å². The van der Waals surface area contributed by atoms with Crippen molar-refractivity contribution in [2.45, 2.75) is 25.3 Å². The fourth-order valence-corrected chi connectivity index (χ4v) is 2.57. The van der Waals surface area contributed by atoms with Crippen LogP contribution in [-0.4, -0.2) is 23.1 Å². The van der Waals surface area contributed by atoms with Crippen molar-refractivity contribution in [3.05, 3.63) is 54.0 Å². The minimum absolute atomic E-state index is 0.548. The molecule has 0 unspecified atom stereocenters. The van der Waals surface area contributed by atoms with Crippen molar-refractivity contribution in [1.82, 2.24) is 15.3 Å². The molecule has 0 radical (unpaired) electrons. The highest BCUT2D eigenvalue weighted by molar-refractivity contribution is 5.37. The van der Waals surface area contributed by atoms with Crippen LogP contribution in [0.25, 0.3) is 0 Å². The van der Waals surface area contributed by atoms with Crippen molar-refractivity contribution >= 4 is 5.82 Å². The van der Waals surface area contributed by atoms with Gasteiger partial charge in [0.1, 0.15) is 5.82 Å². The molecule has 1 atom stereocenters. The molecule has 0 aromatic carbocycles. The highest BCUT2D eigenvalue weighted by Crippen LogP contribution is 2.22. The fourth-order valence-electron chi connectivity index (χ4n) is 2.57. The molecular formula is C16H20N4. The zero-order valence-electron chi connectivity index (χ0n) is 11.5. The number of nitrogens with one attached hydrogen (secondary N) is 2. The maximum atomic E-state index is 4.74. The van der Waals surface area contributed by atoms with Crippen LogP contribution in [0.5, 0.6) is 0 Å². The van der Waals surface area contributed by atoms with E-state index in [2.05, 4.69) is 27.8 Å².